The molecule has 2 aromatic rings. The lowest BCUT2D eigenvalue weighted by Crippen LogP contribution is -2.40. The van der Waals surface area contributed by atoms with Gasteiger partial charge in [0.15, 0.2) is 0 Å². The molecule has 152 valence electrons. The Bertz CT molecular complexity index is 936. The zero-order chi connectivity index (χ0) is 20.8. The van der Waals surface area contributed by atoms with Crippen molar-refractivity contribution in [3.8, 4) is 6.07 Å². The molecule has 0 radical (unpaired) electrons. The van der Waals surface area contributed by atoms with E-state index in [-0.39, 0.29) is 12.6 Å². The third-order valence-corrected chi connectivity index (χ3v) is 6.07. The number of aliphatic hydroxyl groups excluding tert-OH is 1. The molecule has 9 heteroatoms. The van der Waals surface area contributed by atoms with Gasteiger partial charge in [-0.1, -0.05) is 6.92 Å². The first kappa shape index (κ1) is 21.1. The first-order valence-corrected chi connectivity index (χ1v) is 10.7. The number of rotatable bonds is 7. The van der Waals surface area contributed by atoms with E-state index in [1.54, 1.807) is 10.9 Å². The second-order valence-electron chi connectivity index (χ2n) is 6.97. The van der Waals surface area contributed by atoms with E-state index in [0.717, 1.165) is 37.1 Å². The molecule has 0 unspecified atom stereocenters. The minimum atomic E-state index is 0.0369. The predicted octanol–water partition coefficient (Wildman–Crippen LogP) is 2.48. The van der Waals surface area contributed by atoms with E-state index in [4.69, 9.17) is 22.4 Å². The van der Waals surface area contributed by atoms with E-state index < -0.39 is 0 Å². The van der Waals surface area contributed by atoms with Crippen LogP contribution in [0.3, 0.4) is 0 Å². The van der Waals surface area contributed by atoms with Gasteiger partial charge in [-0.05, 0) is 24.8 Å². The van der Waals surface area contributed by atoms with Crippen molar-refractivity contribution in [1.29, 1.82) is 5.26 Å². The van der Waals surface area contributed by atoms with Gasteiger partial charge >= 0.3 is 0 Å². The summed E-state index contributed by atoms with van der Waals surface area (Å²) in [6.07, 6.45) is 5.98. The van der Waals surface area contributed by atoms with Crippen molar-refractivity contribution in [3.05, 3.63) is 40.5 Å². The SMILES string of the molecule is [C-]#[N+]c1c(N2CCC(N)CC2)nc(SCc2cnn(CCO)c2)c(C#N)c1CC. The molecule has 0 bridgehead atoms. The van der Waals surface area contributed by atoms with Crippen molar-refractivity contribution in [3.63, 3.8) is 0 Å². The van der Waals surface area contributed by atoms with Gasteiger partial charge in [-0.3, -0.25) is 4.68 Å². The Hall–Kier alpha value is -2.59. The van der Waals surface area contributed by atoms with Crippen LogP contribution in [0.2, 0.25) is 0 Å². The lowest BCUT2D eigenvalue weighted by atomic mass is 10.0. The molecule has 3 rings (SSSR count). The third kappa shape index (κ3) is 4.70. The van der Waals surface area contributed by atoms with Crippen molar-refractivity contribution >= 4 is 23.3 Å². The predicted molar refractivity (Wildman–Crippen MR) is 113 cm³/mol. The van der Waals surface area contributed by atoms with Crippen LogP contribution >= 0.6 is 11.8 Å². The van der Waals surface area contributed by atoms with Crippen molar-refractivity contribution in [2.45, 2.75) is 49.6 Å². The minimum absolute atomic E-state index is 0.0369. The molecule has 0 amide bonds. The van der Waals surface area contributed by atoms with Crippen molar-refractivity contribution in [2.75, 3.05) is 24.6 Å². The number of nitrogens with zero attached hydrogens (tertiary/aromatic N) is 6. The Morgan fingerprint density at radius 2 is 2.21 bits per heavy atom. The number of pyridine rings is 1. The molecule has 0 aliphatic carbocycles. The summed E-state index contributed by atoms with van der Waals surface area (Å²) in [5.41, 5.74) is 8.77. The molecule has 0 saturated carbocycles. The zero-order valence-electron chi connectivity index (χ0n) is 16.5. The highest BCUT2D eigenvalue weighted by molar-refractivity contribution is 7.98. The van der Waals surface area contributed by atoms with Crippen LogP contribution in [0.5, 0.6) is 0 Å². The Kier molecular flexibility index (Phi) is 7.10. The maximum Gasteiger partial charge on any atom is 0.232 e. The monoisotopic (exact) mass is 411 g/mol. The summed E-state index contributed by atoms with van der Waals surface area (Å²) in [5.74, 6) is 1.28. The zero-order valence-corrected chi connectivity index (χ0v) is 17.3. The second kappa shape index (κ2) is 9.75. The van der Waals surface area contributed by atoms with Crippen molar-refractivity contribution < 1.29 is 5.11 Å². The molecule has 1 fully saturated rings. The highest BCUT2D eigenvalue weighted by Crippen LogP contribution is 2.39. The smallest absolute Gasteiger partial charge is 0.232 e. The number of hydrogen-bond donors (Lipinski definition) is 2. The fourth-order valence-corrected chi connectivity index (χ4v) is 4.37. The van der Waals surface area contributed by atoms with Gasteiger partial charge in [-0.2, -0.15) is 10.4 Å². The molecule has 0 atom stereocenters. The lowest BCUT2D eigenvalue weighted by molar-refractivity contribution is 0.269. The summed E-state index contributed by atoms with van der Waals surface area (Å²) < 4.78 is 1.69. The lowest BCUT2D eigenvalue weighted by Gasteiger charge is -2.32. The van der Waals surface area contributed by atoms with E-state index in [2.05, 4.69) is 20.9 Å². The molecule has 1 saturated heterocycles. The fraction of sp³-hybridized carbons (Fsp3) is 0.500. The molecule has 29 heavy (non-hydrogen) atoms. The van der Waals surface area contributed by atoms with Crippen LogP contribution in [-0.2, 0) is 18.7 Å². The number of nitriles is 1. The van der Waals surface area contributed by atoms with E-state index in [9.17, 15) is 5.26 Å². The molecule has 0 spiro atoms. The molecule has 0 aromatic carbocycles. The number of aromatic nitrogens is 3. The Balaban J connectivity index is 1.93. The molecule has 3 N–H and O–H groups in total. The van der Waals surface area contributed by atoms with Gasteiger partial charge < -0.3 is 15.7 Å². The van der Waals surface area contributed by atoms with Crippen LogP contribution < -0.4 is 10.6 Å². The number of thioether (sulfide) groups is 1. The van der Waals surface area contributed by atoms with E-state index >= 15 is 0 Å². The maximum absolute atomic E-state index is 9.78. The van der Waals surface area contributed by atoms with Crippen LogP contribution in [0.4, 0.5) is 11.5 Å². The summed E-state index contributed by atoms with van der Waals surface area (Å²) in [7, 11) is 0. The summed E-state index contributed by atoms with van der Waals surface area (Å²) in [4.78, 5) is 10.6. The van der Waals surface area contributed by atoms with Crippen LogP contribution in [-0.4, -0.2) is 45.6 Å². The van der Waals surface area contributed by atoms with Gasteiger partial charge in [0.05, 0.1) is 31.5 Å². The summed E-state index contributed by atoms with van der Waals surface area (Å²) in [6, 6.07) is 2.46. The molecule has 3 heterocycles. The molecular weight excluding hydrogens is 386 g/mol. The number of aliphatic hydroxyl groups is 1. The Labute approximate surface area is 175 Å². The van der Waals surface area contributed by atoms with Gasteiger partial charge in [-0.25, -0.2) is 9.83 Å². The number of anilines is 1. The summed E-state index contributed by atoms with van der Waals surface area (Å²) >= 11 is 1.48. The van der Waals surface area contributed by atoms with Crippen LogP contribution in [0.25, 0.3) is 4.85 Å². The van der Waals surface area contributed by atoms with Gasteiger partial charge in [0.2, 0.25) is 5.69 Å². The van der Waals surface area contributed by atoms with Gasteiger partial charge in [0.1, 0.15) is 16.9 Å². The number of piperidine rings is 1. The topological polar surface area (TPSA) is 108 Å². The minimum Gasteiger partial charge on any atom is -0.394 e. The molecular formula is C20H25N7OS. The van der Waals surface area contributed by atoms with Crippen LogP contribution in [0.1, 0.15) is 36.5 Å². The average Bonchev–Trinajstić information content (AvgIpc) is 3.19. The highest BCUT2D eigenvalue weighted by atomic mass is 32.2. The normalized spacial score (nSPS) is 14.6. The van der Waals surface area contributed by atoms with E-state index in [0.29, 0.717) is 40.8 Å². The molecule has 8 nitrogen and oxygen atoms in total. The summed E-state index contributed by atoms with van der Waals surface area (Å²) in [5, 5.41) is 23.7. The quantitative estimate of drug-likeness (QED) is 0.532. The van der Waals surface area contributed by atoms with Gasteiger partial charge in [0, 0.05) is 36.6 Å². The van der Waals surface area contributed by atoms with Crippen LogP contribution in [0.15, 0.2) is 17.4 Å². The maximum atomic E-state index is 9.78. The van der Waals surface area contributed by atoms with Gasteiger partial charge in [-0.15, -0.1) is 11.8 Å². The second-order valence-corrected chi connectivity index (χ2v) is 7.93. The van der Waals surface area contributed by atoms with E-state index in [1.807, 2.05) is 13.1 Å². The third-order valence-electron chi connectivity index (χ3n) is 5.03. The fourth-order valence-electron chi connectivity index (χ4n) is 3.46. The average molecular weight is 412 g/mol. The Morgan fingerprint density at radius 3 is 2.83 bits per heavy atom. The summed E-state index contributed by atoms with van der Waals surface area (Å²) in [6.45, 7) is 11.7. The van der Waals surface area contributed by atoms with Gasteiger partial charge in [0.25, 0.3) is 0 Å². The largest absolute Gasteiger partial charge is 0.394 e. The first-order chi connectivity index (χ1) is 14.1. The molecule has 1 aliphatic rings. The van der Waals surface area contributed by atoms with Crippen molar-refractivity contribution in [2.24, 2.45) is 5.73 Å². The van der Waals surface area contributed by atoms with Crippen molar-refractivity contribution in [1.82, 2.24) is 14.8 Å². The number of hydrogen-bond acceptors (Lipinski definition) is 7. The standard InChI is InChI=1S/C20H25N7OS/c1-3-16-17(10-21)20(29-13-14-11-24-27(12-14)8-9-28)25-19(18(16)23-2)26-6-4-15(22)5-7-26/h11-12,15,28H,3-9,13,22H2,1H3. The van der Waals surface area contributed by atoms with E-state index in [1.165, 1.54) is 11.8 Å². The number of nitrogens with two attached hydrogens (primary N) is 1. The first-order valence-electron chi connectivity index (χ1n) is 9.71. The van der Waals surface area contributed by atoms with Crippen LogP contribution in [0, 0.1) is 17.9 Å². The molecule has 1 aliphatic heterocycles. The highest BCUT2D eigenvalue weighted by Gasteiger charge is 2.25. The Morgan fingerprint density at radius 1 is 1.45 bits per heavy atom. The molecule has 2 aromatic heterocycles.